The van der Waals surface area contributed by atoms with Crippen LogP contribution < -0.4 is 10.2 Å². The molecule has 0 amide bonds. The van der Waals surface area contributed by atoms with Crippen LogP contribution in [0.25, 0.3) is 0 Å². The van der Waals surface area contributed by atoms with Gasteiger partial charge in [-0.3, -0.25) is 0 Å². The van der Waals surface area contributed by atoms with E-state index in [0.29, 0.717) is 5.92 Å². The summed E-state index contributed by atoms with van der Waals surface area (Å²) in [7, 11) is 1.74. The van der Waals surface area contributed by atoms with Crippen LogP contribution in [-0.4, -0.2) is 49.9 Å². The van der Waals surface area contributed by atoms with Crippen molar-refractivity contribution in [3.63, 3.8) is 0 Å². The molecule has 1 aromatic heterocycles. The van der Waals surface area contributed by atoms with Crippen molar-refractivity contribution in [3.05, 3.63) is 16.1 Å². The van der Waals surface area contributed by atoms with Gasteiger partial charge in [-0.15, -0.1) is 0 Å². The number of rotatable bonds is 6. The van der Waals surface area contributed by atoms with Gasteiger partial charge in [-0.2, -0.15) is 0 Å². The van der Waals surface area contributed by atoms with Gasteiger partial charge in [0.25, 0.3) is 0 Å². The number of nitrogens with zero attached hydrogens (tertiary/aromatic N) is 3. The first-order valence-corrected chi connectivity index (χ1v) is 7.79. The van der Waals surface area contributed by atoms with Gasteiger partial charge in [0, 0.05) is 32.9 Å². The largest absolute Gasteiger partial charge is 0.383 e. The predicted octanol–water partition coefficient (Wildman–Crippen LogP) is 1.53. The Bertz CT molecular complexity index is 391. The summed E-state index contributed by atoms with van der Waals surface area (Å²) in [5, 5.41) is 3.46. The number of halogens is 1. The summed E-state index contributed by atoms with van der Waals surface area (Å²) in [5.41, 5.74) is 0. The van der Waals surface area contributed by atoms with Crippen molar-refractivity contribution in [1.82, 2.24) is 15.3 Å². The number of hydrogen-bond acceptors (Lipinski definition) is 5. The molecular formula is C13H21IN4O. The van der Waals surface area contributed by atoms with E-state index >= 15 is 0 Å². The van der Waals surface area contributed by atoms with Crippen LogP contribution >= 0.6 is 22.6 Å². The molecule has 19 heavy (non-hydrogen) atoms. The van der Waals surface area contributed by atoms with Crippen molar-refractivity contribution in [2.45, 2.75) is 12.8 Å². The third-order valence-corrected chi connectivity index (χ3v) is 4.14. The van der Waals surface area contributed by atoms with E-state index in [1.807, 2.05) is 6.20 Å². The number of ether oxygens (including phenoxy) is 1. The number of anilines is 1. The third kappa shape index (κ3) is 4.54. The zero-order valence-electron chi connectivity index (χ0n) is 11.3. The zero-order chi connectivity index (χ0) is 13.5. The van der Waals surface area contributed by atoms with Crippen LogP contribution in [0, 0.1) is 9.49 Å². The highest BCUT2D eigenvalue weighted by Gasteiger charge is 2.21. The van der Waals surface area contributed by atoms with Crippen LogP contribution in [0.5, 0.6) is 0 Å². The van der Waals surface area contributed by atoms with Crippen molar-refractivity contribution in [2.24, 2.45) is 5.92 Å². The normalized spacial score (nSPS) is 19.7. The van der Waals surface area contributed by atoms with Crippen LogP contribution in [0.2, 0.25) is 0 Å². The lowest BCUT2D eigenvalue weighted by Crippen LogP contribution is -2.41. The summed E-state index contributed by atoms with van der Waals surface area (Å²) in [6, 6.07) is 0. The first-order chi connectivity index (χ1) is 9.31. The van der Waals surface area contributed by atoms with Crippen molar-refractivity contribution >= 4 is 28.4 Å². The van der Waals surface area contributed by atoms with E-state index in [-0.39, 0.29) is 0 Å². The summed E-state index contributed by atoms with van der Waals surface area (Å²) in [6.45, 7) is 4.94. The van der Waals surface area contributed by atoms with E-state index < -0.39 is 0 Å². The molecule has 5 nitrogen and oxygen atoms in total. The molecule has 0 radical (unpaired) electrons. The lowest BCUT2D eigenvalue weighted by atomic mass is 9.98. The molecule has 2 heterocycles. The minimum atomic E-state index is 0.691. The monoisotopic (exact) mass is 376 g/mol. The molecule has 6 heteroatoms. The molecule has 1 aliphatic rings. The van der Waals surface area contributed by atoms with Gasteiger partial charge < -0.3 is 15.0 Å². The molecule has 1 fully saturated rings. The van der Waals surface area contributed by atoms with Crippen LogP contribution in [-0.2, 0) is 4.74 Å². The SMILES string of the molecule is COCCNCC1CCCN(c2ncncc2I)C1. The average Bonchev–Trinajstić information content (AvgIpc) is 2.44. The molecular weight excluding hydrogens is 355 g/mol. The molecule has 0 saturated carbocycles. The second kappa shape index (κ2) is 7.96. The number of piperidine rings is 1. The summed E-state index contributed by atoms with van der Waals surface area (Å²) < 4.78 is 6.18. The van der Waals surface area contributed by atoms with Crippen LogP contribution in [0.15, 0.2) is 12.5 Å². The van der Waals surface area contributed by atoms with E-state index in [9.17, 15) is 0 Å². The fourth-order valence-corrected chi connectivity index (χ4v) is 3.08. The van der Waals surface area contributed by atoms with Crippen LogP contribution in [0.4, 0.5) is 5.82 Å². The van der Waals surface area contributed by atoms with Crippen LogP contribution in [0.3, 0.4) is 0 Å². The average molecular weight is 376 g/mol. The molecule has 106 valence electrons. The Morgan fingerprint density at radius 3 is 3.26 bits per heavy atom. The fraction of sp³-hybridized carbons (Fsp3) is 0.692. The molecule has 0 aromatic carbocycles. The summed E-state index contributed by atoms with van der Waals surface area (Å²) in [5.74, 6) is 1.77. The van der Waals surface area contributed by atoms with Crippen molar-refractivity contribution in [3.8, 4) is 0 Å². The topological polar surface area (TPSA) is 50.3 Å². The molecule has 1 aromatic rings. The predicted molar refractivity (Wildman–Crippen MR) is 84.4 cm³/mol. The lowest BCUT2D eigenvalue weighted by Gasteiger charge is -2.34. The van der Waals surface area contributed by atoms with Crippen molar-refractivity contribution in [2.75, 3.05) is 44.8 Å². The molecule has 2 rings (SSSR count). The van der Waals surface area contributed by atoms with E-state index in [0.717, 1.165) is 42.2 Å². The molecule has 1 aliphatic heterocycles. The highest BCUT2D eigenvalue weighted by Crippen LogP contribution is 2.24. The van der Waals surface area contributed by atoms with Gasteiger partial charge in [-0.05, 0) is 47.9 Å². The molecule has 0 bridgehead atoms. The fourth-order valence-electron chi connectivity index (χ4n) is 2.44. The van der Waals surface area contributed by atoms with Gasteiger partial charge >= 0.3 is 0 Å². The first kappa shape index (κ1) is 14.9. The van der Waals surface area contributed by atoms with Gasteiger partial charge in [-0.25, -0.2) is 9.97 Å². The van der Waals surface area contributed by atoms with E-state index in [1.54, 1.807) is 13.4 Å². The Kier molecular flexibility index (Phi) is 6.25. The highest BCUT2D eigenvalue weighted by molar-refractivity contribution is 14.1. The minimum Gasteiger partial charge on any atom is -0.383 e. The molecule has 1 N–H and O–H groups in total. The third-order valence-electron chi connectivity index (χ3n) is 3.38. The summed E-state index contributed by atoms with van der Waals surface area (Å²) >= 11 is 2.31. The number of nitrogens with one attached hydrogen (secondary N) is 1. The van der Waals surface area contributed by atoms with Crippen molar-refractivity contribution in [1.29, 1.82) is 0 Å². The molecule has 1 unspecified atom stereocenters. The number of methoxy groups -OCH3 is 1. The number of aromatic nitrogens is 2. The highest BCUT2D eigenvalue weighted by atomic mass is 127. The Labute approximate surface area is 128 Å². The van der Waals surface area contributed by atoms with E-state index in [4.69, 9.17) is 4.74 Å². The summed E-state index contributed by atoms with van der Waals surface area (Å²) in [6.07, 6.45) is 6.04. The minimum absolute atomic E-state index is 0.691. The molecule has 1 saturated heterocycles. The maximum atomic E-state index is 5.05. The maximum absolute atomic E-state index is 5.05. The van der Waals surface area contributed by atoms with E-state index in [2.05, 4.69) is 42.8 Å². The molecule has 0 aliphatic carbocycles. The molecule has 1 atom stereocenters. The van der Waals surface area contributed by atoms with Gasteiger partial charge in [0.1, 0.15) is 12.1 Å². The second-order valence-corrected chi connectivity index (χ2v) is 6.01. The quantitative estimate of drug-likeness (QED) is 0.603. The Morgan fingerprint density at radius 2 is 2.47 bits per heavy atom. The smallest absolute Gasteiger partial charge is 0.145 e. The zero-order valence-corrected chi connectivity index (χ0v) is 13.5. The standard InChI is InChI=1S/C13H21IN4O/c1-19-6-4-15-7-11-3-2-5-18(9-11)13-12(14)8-16-10-17-13/h8,10-11,15H,2-7,9H2,1H3. The maximum Gasteiger partial charge on any atom is 0.145 e. The number of hydrogen-bond donors (Lipinski definition) is 1. The van der Waals surface area contributed by atoms with Gasteiger partial charge in [-0.1, -0.05) is 0 Å². The van der Waals surface area contributed by atoms with Crippen LogP contribution in [0.1, 0.15) is 12.8 Å². The first-order valence-electron chi connectivity index (χ1n) is 6.71. The van der Waals surface area contributed by atoms with Gasteiger partial charge in [0.15, 0.2) is 0 Å². The summed E-state index contributed by atoms with van der Waals surface area (Å²) in [4.78, 5) is 10.9. The molecule has 0 spiro atoms. The Hall–Kier alpha value is -0.470. The Balaban J connectivity index is 1.85. The van der Waals surface area contributed by atoms with E-state index in [1.165, 1.54) is 12.8 Å². The van der Waals surface area contributed by atoms with Gasteiger partial charge in [0.2, 0.25) is 0 Å². The van der Waals surface area contributed by atoms with Crippen molar-refractivity contribution < 1.29 is 4.74 Å². The van der Waals surface area contributed by atoms with Gasteiger partial charge in [0.05, 0.1) is 10.2 Å². The second-order valence-electron chi connectivity index (χ2n) is 4.85. The Morgan fingerprint density at radius 1 is 1.58 bits per heavy atom. The lowest BCUT2D eigenvalue weighted by molar-refractivity contribution is 0.197.